The monoisotopic (exact) mass is 198 g/mol. The molecule has 2 heteroatoms. The third-order valence-electron chi connectivity index (χ3n) is 2.83. The zero-order chi connectivity index (χ0) is 10.4. The van der Waals surface area contributed by atoms with Crippen molar-refractivity contribution in [3.8, 4) is 0 Å². The molecule has 0 aromatic carbocycles. The zero-order valence-corrected chi connectivity index (χ0v) is 9.42. The van der Waals surface area contributed by atoms with E-state index in [0.29, 0.717) is 0 Å². The number of epoxide rings is 1. The molecule has 0 aromatic rings. The third kappa shape index (κ3) is 4.23. The van der Waals surface area contributed by atoms with Crippen LogP contribution in [-0.2, 0) is 9.53 Å². The summed E-state index contributed by atoms with van der Waals surface area (Å²) in [6.45, 7) is 3.85. The van der Waals surface area contributed by atoms with Crippen LogP contribution >= 0.6 is 0 Å². The summed E-state index contributed by atoms with van der Waals surface area (Å²) in [5.74, 6) is 0.195. The van der Waals surface area contributed by atoms with Crippen LogP contribution in [0.5, 0.6) is 0 Å². The van der Waals surface area contributed by atoms with Gasteiger partial charge < -0.3 is 4.74 Å². The Bertz CT molecular complexity index is 177. The van der Waals surface area contributed by atoms with Gasteiger partial charge in [-0.25, -0.2) is 0 Å². The molecule has 0 amide bonds. The molecule has 0 aromatic heterocycles. The molecule has 1 saturated heterocycles. The van der Waals surface area contributed by atoms with Crippen LogP contribution in [0.25, 0.3) is 0 Å². The third-order valence-corrected chi connectivity index (χ3v) is 2.83. The second-order valence-electron chi connectivity index (χ2n) is 4.26. The molecule has 0 saturated carbocycles. The van der Waals surface area contributed by atoms with Gasteiger partial charge in [-0.2, -0.15) is 0 Å². The SMILES string of the molecule is CCCCCCCC[C@H]1O[C@@H]1C(C)=O. The fourth-order valence-corrected chi connectivity index (χ4v) is 1.85. The number of carbonyl (C=O) groups is 1. The standard InChI is InChI=1S/C12H22O2/c1-3-4-5-6-7-8-9-11-12(14-11)10(2)13/h11-12H,3-9H2,1-2H3/t11-,12-/m1/s1. The highest BCUT2D eigenvalue weighted by Gasteiger charge is 2.41. The minimum atomic E-state index is -0.0503. The molecule has 0 N–H and O–H groups in total. The van der Waals surface area contributed by atoms with Crippen molar-refractivity contribution in [3.63, 3.8) is 0 Å². The summed E-state index contributed by atoms with van der Waals surface area (Å²) in [6.07, 6.45) is 9.17. The molecule has 0 spiro atoms. The van der Waals surface area contributed by atoms with Crippen molar-refractivity contribution in [2.45, 2.75) is 71.0 Å². The Morgan fingerprint density at radius 2 is 1.79 bits per heavy atom. The first-order valence-electron chi connectivity index (χ1n) is 5.91. The van der Waals surface area contributed by atoms with Crippen LogP contribution in [0.4, 0.5) is 0 Å². The smallest absolute Gasteiger partial charge is 0.161 e. The Kier molecular flexibility index (Phi) is 5.16. The lowest BCUT2D eigenvalue weighted by atomic mass is 10.1. The summed E-state index contributed by atoms with van der Waals surface area (Å²) in [4.78, 5) is 10.9. The van der Waals surface area contributed by atoms with Crippen LogP contribution in [-0.4, -0.2) is 18.0 Å². The van der Waals surface area contributed by atoms with Gasteiger partial charge in [0.1, 0.15) is 6.10 Å². The molecule has 1 fully saturated rings. The van der Waals surface area contributed by atoms with Crippen LogP contribution in [0.15, 0.2) is 0 Å². The lowest BCUT2D eigenvalue weighted by molar-refractivity contribution is -0.118. The van der Waals surface area contributed by atoms with Gasteiger partial charge in [-0.15, -0.1) is 0 Å². The van der Waals surface area contributed by atoms with E-state index >= 15 is 0 Å². The number of rotatable bonds is 8. The summed E-state index contributed by atoms with van der Waals surface area (Å²) < 4.78 is 5.26. The summed E-state index contributed by atoms with van der Waals surface area (Å²) in [5.41, 5.74) is 0. The van der Waals surface area contributed by atoms with Crippen LogP contribution in [0, 0.1) is 0 Å². The first kappa shape index (κ1) is 11.7. The normalized spacial score (nSPS) is 25.0. The first-order chi connectivity index (χ1) is 6.75. The molecule has 0 bridgehead atoms. The van der Waals surface area contributed by atoms with Gasteiger partial charge in [0.2, 0.25) is 0 Å². The molecule has 82 valence electrons. The highest BCUT2D eigenvalue weighted by molar-refractivity contribution is 5.83. The van der Waals surface area contributed by atoms with Crippen molar-refractivity contribution < 1.29 is 9.53 Å². The van der Waals surface area contributed by atoms with Crippen molar-refractivity contribution in [3.05, 3.63) is 0 Å². The summed E-state index contributed by atoms with van der Waals surface area (Å²) >= 11 is 0. The minimum Gasteiger partial charge on any atom is -0.361 e. The predicted molar refractivity (Wildman–Crippen MR) is 57.3 cm³/mol. The maximum Gasteiger partial charge on any atom is 0.161 e. The maximum absolute atomic E-state index is 10.9. The van der Waals surface area contributed by atoms with Gasteiger partial charge in [-0.05, 0) is 13.3 Å². The molecule has 0 aliphatic carbocycles. The largest absolute Gasteiger partial charge is 0.361 e. The molecular weight excluding hydrogens is 176 g/mol. The van der Waals surface area contributed by atoms with Crippen LogP contribution in [0.1, 0.15) is 58.8 Å². The number of ketones is 1. The van der Waals surface area contributed by atoms with Gasteiger partial charge in [0.15, 0.2) is 5.78 Å². The van der Waals surface area contributed by atoms with E-state index in [1.807, 2.05) is 0 Å². The van der Waals surface area contributed by atoms with E-state index in [2.05, 4.69) is 6.92 Å². The van der Waals surface area contributed by atoms with Gasteiger partial charge in [-0.1, -0.05) is 45.4 Å². The summed E-state index contributed by atoms with van der Waals surface area (Å²) in [6, 6.07) is 0. The van der Waals surface area contributed by atoms with Gasteiger partial charge in [0.25, 0.3) is 0 Å². The molecule has 0 unspecified atom stereocenters. The summed E-state index contributed by atoms with van der Waals surface area (Å²) in [7, 11) is 0. The highest BCUT2D eigenvalue weighted by Crippen LogP contribution is 2.28. The van der Waals surface area contributed by atoms with Gasteiger partial charge >= 0.3 is 0 Å². The van der Waals surface area contributed by atoms with Crippen LogP contribution < -0.4 is 0 Å². The van der Waals surface area contributed by atoms with E-state index in [9.17, 15) is 4.79 Å². The predicted octanol–water partition coefficient (Wildman–Crippen LogP) is 3.09. The number of unbranched alkanes of at least 4 members (excludes halogenated alkanes) is 5. The molecular formula is C12H22O2. The molecule has 1 aliphatic heterocycles. The molecule has 1 rings (SSSR count). The Balaban J connectivity index is 1.84. The van der Waals surface area contributed by atoms with E-state index in [-0.39, 0.29) is 18.0 Å². The number of ether oxygens (including phenoxy) is 1. The van der Waals surface area contributed by atoms with Crippen molar-refractivity contribution in [1.82, 2.24) is 0 Å². The lowest BCUT2D eigenvalue weighted by Crippen LogP contribution is -2.04. The van der Waals surface area contributed by atoms with E-state index in [1.165, 1.54) is 38.5 Å². The van der Waals surface area contributed by atoms with Gasteiger partial charge in [0.05, 0.1) is 6.10 Å². The second kappa shape index (κ2) is 6.18. The zero-order valence-electron chi connectivity index (χ0n) is 9.42. The minimum absolute atomic E-state index is 0.0503. The Labute approximate surface area is 87.0 Å². The number of hydrogen-bond acceptors (Lipinski definition) is 2. The lowest BCUT2D eigenvalue weighted by Gasteiger charge is -1.98. The van der Waals surface area contributed by atoms with Crippen LogP contribution in [0.3, 0.4) is 0 Å². The van der Waals surface area contributed by atoms with Gasteiger partial charge in [-0.3, -0.25) is 4.79 Å². The van der Waals surface area contributed by atoms with E-state index in [4.69, 9.17) is 4.74 Å². The number of carbonyl (C=O) groups excluding carboxylic acids is 1. The Morgan fingerprint density at radius 1 is 1.14 bits per heavy atom. The Hall–Kier alpha value is -0.370. The number of hydrogen-bond donors (Lipinski definition) is 0. The average molecular weight is 198 g/mol. The second-order valence-corrected chi connectivity index (χ2v) is 4.26. The van der Waals surface area contributed by atoms with Crippen LogP contribution in [0.2, 0.25) is 0 Å². The molecule has 1 aliphatic rings. The quantitative estimate of drug-likeness (QED) is 0.443. The molecule has 14 heavy (non-hydrogen) atoms. The fraction of sp³-hybridized carbons (Fsp3) is 0.917. The van der Waals surface area contributed by atoms with E-state index < -0.39 is 0 Å². The fourth-order valence-electron chi connectivity index (χ4n) is 1.85. The van der Waals surface area contributed by atoms with Gasteiger partial charge in [0, 0.05) is 0 Å². The molecule has 1 heterocycles. The molecule has 0 radical (unpaired) electrons. The molecule has 2 atom stereocenters. The van der Waals surface area contributed by atoms with Crippen molar-refractivity contribution >= 4 is 5.78 Å². The maximum atomic E-state index is 10.9. The molecule has 2 nitrogen and oxygen atoms in total. The number of Topliss-reactive ketones (excluding diaryl/α,β-unsaturated/α-hetero) is 1. The highest BCUT2D eigenvalue weighted by atomic mass is 16.6. The van der Waals surface area contributed by atoms with E-state index in [1.54, 1.807) is 6.92 Å². The Morgan fingerprint density at radius 3 is 2.36 bits per heavy atom. The first-order valence-corrected chi connectivity index (χ1v) is 5.91. The topological polar surface area (TPSA) is 29.6 Å². The summed E-state index contributed by atoms with van der Waals surface area (Å²) in [5, 5.41) is 0. The van der Waals surface area contributed by atoms with Crippen molar-refractivity contribution in [2.75, 3.05) is 0 Å². The van der Waals surface area contributed by atoms with Crippen molar-refractivity contribution in [1.29, 1.82) is 0 Å². The average Bonchev–Trinajstić information content (AvgIpc) is 2.90. The van der Waals surface area contributed by atoms with E-state index in [0.717, 1.165) is 6.42 Å². The van der Waals surface area contributed by atoms with Crippen molar-refractivity contribution in [2.24, 2.45) is 0 Å².